The first-order valence-corrected chi connectivity index (χ1v) is 9.74. The van der Waals surface area contributed by atoms with Crippen LogP contribution in [0.4, 0.5) is 4.39 Å². The first-order valence-electron chi connectivity index (χ1n) is 9.74. The molecule has 0 saturated carbocycles. The van der Waals surface area contributed by atoms with Crippen molar-refractivity contribution in [3.8, 4) is 17.6 Å². The first kappa shape index (κ1) is 21.8. The summed E-state index contributed by atoms with van der Waals surface area (Å²) in [7, 11) is 0. The predicted octanol–water partition coefficient (Wildman–Crippen LogP) is 4.96. The van der Waals surface area contributed by atoms with Gasteiger partial charge in [0.2, 0.25) is 0 Å². The number of benzene rings is 3. The number of phenols is 1. The van der Waals surface area contributed by atoms with Crippen LogP contribution in [0.1, 0.15) is 55.5 Å². The van der Waals surface area contributed by atoms with Crippen LogP contribution in [0.2, 0.25) is 0 Å². The van der Waals surface area contributed by atoms with Crippen LogP contribution < -0.4 is 0 Å². The van der Waals surface area contributed by atoms with Crippen LogP contribution in [0.25, 0.3) is 0 Å². The fraction of sp³-hybridized carbons (Fsp3) is 0.154. The Balaban J connectivity index is 1.79. The van der Waals surface area contributed by atoms with E-state index in [1.807, 2.05) is 0 Å². The summed E-state index contributed by atoms with van der Waals surface area (Å²) in [4.78, 5) is 24.4. The van der Waals surface area contributed by atoms with Gasteiger partial charge >= 0.3 is 5.97 Å². The highest BCUT2D eigenvalue weighted by molar-refractivity contribution is 6.10. The van der Waals surface area contributed by atoms with Gasteiger partial charge in [-0.25, -0.2) is 9.18 Å². The zero-order valence-electron chi connectivity index (χ0n) is 17.5. The third-order valence-electron chi connectivity index (χ3n) is 4.84. The SMILES string of the molecule is CCOC(=O)c1ccc(C#Cc2ccc(C(=O)c3ccc(C)c(O)c3C)cc2)cc1F. The van der Waals surface area contributed by atoms with Crippen molar-refractivity contribution in [2.75, 3.05) is 6.61 Å². The van der Waals surface area contributed by atoms with Gasteiger partial charge in [0.15, 0.2) is 5.78 Å². The van der Waals surface area contributed by atoms with E-state index in [0.717, 1.165) is 0 Å². The average molecular weight is 416 g/mol. The van der Waals surface area contributed by atoms with Crippen LogP contribution in [-0.2, 0) is 4.74 Å². The number of aryl methyl sites for hydroxylation is 1. The number of carbonyl (C=O) groups is 2. The monoisotopic (exact) mass is 416 g/mol. The van der Waals surface area contributed by atoms with Crippen LogP contribution in [0.3, 0.4) is 0 Å². The Morgan fingerprint density at radius 2 is 1.55 bits per heavy atom. The Kier molecular flexibility index (Phi) is 6.52. The van der Waals surface area contributed by atoms with Gasteiger partial charge in [-0.3, -0.25) is 4.79 Å². The number of hydrogen-bond donors (Lipinski definition) is 1. The normalized spacial score (nSPS) is 10.2. The van der Waals surface area contributed by atoms with E-state index in [1.54, 1.807) is 63.2 Å². The van der Waals surface area contributed by atoms with Gasteiger partial charge in [-0.2, -0.15) is 0 Å². The molecular weight excluding hydrogens is 395 g/mol. The second-order valence-corrected chi connectivity index (χ2v) is 6.98. The standard InChI is InChI=1S/C26H21FO4/c1-4-31-26(30)22-14-10-19(15-23(22)27)7-6-18-8-11-20(12-9-18)25(29)21-13-5-16(2)24(28)17(21)3/h5,8-15,28H,4H2,1-3H3. The van der Waals surface area contributed by atoms with E-state index in [4.69, 9.17) is 4.74 Å². The van der Waals surface area contributed by atoms with Crippen molar-refractivity contribution in [1.29, 1.82) is 0 Å². The van der Waals surface area contributed by atoms with E-state index in [0.29, 0.717) is 33.4 Å². The molecule has 0 radical (unpaired) electrons. The topological polar surface area (TPSA) is 63.6 Å². The molecule has 0 aliphatic carbocycles. The molecule has 0 saturated heterocycles. The lowest BCUT2D eigenvalue weighted by Gasteiger charge is -2.09. The summed E-state index contributed by atoms with van der Waals surface area (Å²) in [6, 6.07) is 14.2. The Morgan fingerprint density at radius 3 is 2.19 bits per heavy atom. The molecular formula is C26H21FO4. The molecule has 0 fully saturated rings. The maximum atomic E-state index is 14.1. The summed E-state index contributed by atoms with van der Waals surface area (Å²) in [6.07, 6.45) is 0. The average Bonchev–Trinajstić information content (AvgIpc) is 2.76. The highest BCUT2D eigenvalue weighted by Gasteiger charge is 2.15. The molecule has 1 N–H and O–H groups in total. The number of hydrogen-bond acceptors (Lipinski definition) is 4. The van der Waals surface area contributed by atoms with E-state index < -0.39 is 11.8 Å². The Bertz CT molecular complexity index is 1210. The molecule has 4 nitrogen and oxygen atoms in total. The zero-order valence-corrected chi connectivity index (χ0v) is 17.5. The molecule has 0 spiro atoms. The third kappa shape index (κ3) is 4.81. The van der Waals surface area contributed by atoms with Crippen molar-refractivity contribution >= 4 is 11.8 Å². The number of aromatic hydroxyl groups is 1. The molecule has 0 aliphatic heterocycles. The summed E-state index contributed by atoms with van der Waals surface area (Å²) < 4.78 is 18.9. The largest absolute Gasteiger partial charge is 0.507 e. The van der Waals surface area contributed by atoms with Crippen LogP contribution in [0.15, 0.2) is 54.6 Å². The molecule has 3 aromatic carbocycles. The van der Waals surface area contributed by atoms with Crippen LogP contribution in [-0.4, -0.2) is 23.5 Å². The van der Waals surface area contributed by atoms with Gasteiger partial charge in [-0.05, 0) is 68.8 Å². The molecule has 0 aliphatic rings. The predicted molar refractivity (Wildman–Crippen MR) is 116 cm³/mol. The van der Waals surface area contributed by atoms with Crippen molar-refractivity contribution < 1.29 is 23.8 Å². The van der Waals surface area contributed by atoms with Crippen LogP contribution in [0, 0.1) is 31.5 Å². The summed E-state index contributed by atoms with van der Waals surface area (Å²) in [5.74, 6) is 4.28. The quantitative estimate of drug-likeness (QED) is 0.371. The van der Waals surface area contributed by atoms with Crippen LogP contribution in [0.5, 0.6) is 5.75 Å². The summed E-state index contributed by atoms with van der Waals surface area (Å²) >= 11 is 0. The fourth-order valence-corrected chi connectivity index (χ4v) is 3.05. The zero-order chi connectivity index (χ0) is 22.5. The van der Waals surface area contributed by atoms with E-state index in [-0.39, 0.29) is 23.7 Å². The Labute approximate surface area is 180 Å². The number of carbonyl (C=O) groups excluding carboxylic acids is 2. The van der Waals surface area contributed by atoms with Gasteiger partial charge in [-0.15, -0.1) is 0 Å². The van der Waals surface area contributed by atoms with Crippen molar-refractivity contribution in [3.05, 3.63) is 99.4 Å². The molecule has 3 aromatic rings. The molecule has 0 aromatic heterocycles. The Hall–Kier alpha value is -3.91. The number of ether oxygens (including phenoxy) is 1. The van der Waals surface area contributed by atoms with Gasteiger partial charge in [0.25, 0.3) is 0 Å². The molecule has 0 amide bonds. The summed E-state index contributed by atoms with van der Waals surface area (Å²) in [6.45, 7) is 5.31. The maximum absolute atomic E-state index is 14.1. The lowest BCUT2D eigenvalue weighted by molar-refractivity contribution is 0.0521. The van der Waals surface area contributed by atoms with Crippen molar-refractivity contribution in [2.24, 2.45) is 0 Å². The highest BCUT2D eigenvalue weighted by atomic mass is 19.1. The van der Waals surface area contributed by atoms with Crippen molar-refractivity contribution in [1.82, 2.24) is 0 Å². The summed E-state index contributed by atoms with van der Waals surface area (Å²) in [5, 5.41) is 10.1. The lowest BCUT2D eigenvalue weighted by Crippen LogP contribution is -2.07. The molecule has 156 valence electrons. The molecule has 0 bridgehead atoms. The smallest absolute Gasteiger partial charge is 0.341 e. The maximum Gasteiger partial charge on any atom is 0.341 e. The van der Waals surface area contributed by atoms with Crippen LogP contribution >= 0.6 is 0 Å². The number of ketones is 1. The van der Waals surface area contributed by atoms with E-state index in [9.17, 15) is 19.1 Å². The molecule has 3 rings (SSSR count). The minimum absolute atomic E-state index is 0.120. The van der Waals surface area contributed by atoms with Gasteiger partial charge < -0.3 is 9.84 Å². The second kappa shape index (κ2) is 9.27. The molecule has 0 heterocycles. The van der Waals surface area contributed by atoms with Crippen molar-refractivity contribution in [3.63, 3.8) is 0 Å². The third-order valence-corrected chi connectivity index (χ3v) is 4.84. The van der Waals surface area contributed by atoms with Gasteiger partial charge in [-0.1, -0.05) is 24.0 Å². The molecule has 5 heteroatoms. The van der Waals surface area contributed by atoms with E-state index >= 15 is 0 Å². The van der Waals surface area contributed by atoms with Gasteiger partial charge in [0, 0.05) is 27.8 Å². The minimum Gasteiger partial charge on any atom is -0.507 e. The van der Waals surface area contributed by atoms with E-state index in [2.05, 4.69) is 11.8 Å². The number of esters is 1. The molecule has 31 heavy (non-hydrogen) atoms. The lowest BCUT2D eigenvalue weighted by atomic mass is 9.96. The van der Waals surface area contributed by atoms with Gasteiger partial charge in [0.1, 0.15) is 11.6 Å². The Morgan fingerprint density at radius 1 is 0.935 bits per heavy atom. The second-order valence-electron chi connectivity index (χ2n) is 6.98. The number of halogens is 1. The first-order chi connectivity index (χ1) is 14.8. The summed E-state index contributed by atoms with van der Waals surface area (Å²) in [5.41, 5.74) is 3.11. The molecule has 0 atom stereocenters. The fourth-order valence-electron chi connectivity index (χ4n) is 3.05. The number of rotatable bonds is 4. The minimum atomic E-state index is -0.711. The number of phenolic OH excluding ortho intramolecular Hbond substituents is 1. The van der Waals surface area contributed by atoms with Gasteiger partial charge in [0.05, 0.1) is 12.2 Å². The van der Waals surface area contributed by atoms with E-state index in [1.165, 1.54) is 12.1 Å². The van der Waals surface area contributed by atoms with Crippen molar-refractivity contribution in [2.45, 2.75) is 20.8 Å². The molecule has 0 unspecified atom stereocenters. The highest BCUT2D eigenvalue weighted by Crippen LogP contribution is 2.26.